The highest BCUT2D eigenvalue weighted by molar-refractivity contribution is 5.77. The summed E-state index contributed by atoms with van der Waals surface area (Å²) < 4.78 is 74.1. The number of likely N-dealkylation sites (N-methyl/N-ethyl adjacent to an activating group) is 1. The summed E-state index contributed by atoms with van der Waals surface area (Å²) in [6.07, 6.45) is -4.30. The summed E-state index contributed by atoms with van der Waals surface area (Å²) in [6.45, 7) is 3.80. The fourth-order valence-electron chi connectivity index (χ4n) is 3.42. The molecule has 3 rings (SSSR count). The molecule has 1 aliphatic heterocycles. The van der Waals surface area contributed by atoms with Crippen LogP contribution in [0.4, 0.5) is 22.0 Å². The summed E-state index contributed by atoms with van der Waals surface area (Å²) >= 11 is 0. The molecule has 0 radical (unpaired) electrons. The maximum atomic E-state index is 14.0. The van der Waals surface area contributed by atoms with E-state index in [-0.39, 0.29) is 17.0 Å². The quantitative estimate of drug-likeness (QED) is 0.673. The van der Waals surface area contributed by atoms with E-state index in [0.717, 1.165) is 12.1 Å². The Bertz CT molecular complexity index is 1050. The average molecular weight is 428 g/mol. The van der Waals surface area contributed by atoms with E-state index >= 15 is 0 Å². The molecule has 9 heteroatoms. The SMILES string of the molecule is CN(C)CC1=C(n2ccccc2=O)c2cc(C(F)(F)C(F)(F)F)ccc2OC1(C)C. The van der Waals surface area contributed by atoms with Crippen molar-refractivity contribution in [3.63, 3.8) is 0 Å². The van der Waals surface area contributed by atoms with E-state index in [9.17, 15) is 26.7 Å². The van der Waals surface area contributed by atoms with Crippen molar-refractivity contribution in [3.05, 3.63) is 69.6 Å². The van der Waals surface area contributed by atoms with Crippen LogP contribution in [0.5, 0.6) is 5.75 Å². The lowest BCUT2D eigenvalue weighted by Gasteiger charge is -2.39. The van der Waals surface area contributed by atoms with Crippen molar-refractivity contribution in [2.45, 2.75) is 31.5 Å². The zero-order chi connectivity index (χ0) is 22.5. The van der Waals surface area contributed by atoms with Gasteiger partial charge in [-0.2, -0.15) is 22.0 Å². The molecule has 30 heavy (non-hydrogen) atoms. The first-order chi connectivity index (χ1) is 13.8. The molecule has 0 saturated heterocycles. The third-order valence-electron chi connectivity index (χ3n) is 4.87. The second-order valence-electron chi connectivity index (χ2n) is 7.87. The van der Waals surface area contributed by atoms with E-state index in [1.54, 1.807) is 38.9 Å². The normalized spacial score (nSPS) is 16.5. The van der Waals surface area contributed by atoms with Crippen molar-refractivity contribution in [3.8, 4) is 5.75 Å². The summed E-state index contributed by atoms with van der Waals surface area (Å²) in [4.78, 5) is 14.4. The maximum Gasteiger partial charge on any atom is 0.458 e. The van der Waals surface area contributed by atoms with Gasteiger partial charge in [-0.05, 0) is 52.2 Å². The number of hydrogen-bond acceptors (Lipinski definition) is 3. The Morgan fingerprint density at radius 1 is 1.07 bits per heavy atom. The molecule has 1 aromatic heterocycles. The van der Waals surface area contributed by atoms with Gasteiger partial charge in [0.05, 0.1) is 5.70 Å². The van der Waals surface area contributed by atoms with E-state index in [2.05, 4.69) is 0 Å². The smallest absolute Gasteiger partial charge is 0.458 e. The molecule has 2 heterocycles. The average Bonchev–Trinajstić information content (AvgIpc) is 2.61. The first-order valence-electron chi connectivity index (χ1n) is 9.10. The standard InChI is InChI=1S/C21H21F5N2O2/c1-19(2)15(12-27(3)4)18(28-10-6-5-7-17(28)29)14-11-13(8-9-16(14)30-19)20(22,23)21(24,25)26/h5-11H,12H2,1-4H3. The Labute approximate surface area is 170 Å². The molecule has 0 spiro atoms. The number of halogens is 5. The number of aromatic nitrogens is 1. The molecule has 0 unspecified atom stereocenters. The third-order valence-corrected chi connectivity index (χ3v) is 4.87. The number of benzene rings is 1. The van der Waals surface area contributed by atoms with Crippen LogP contribution in [-0.2, 0) is 5.92 Å². The van der Waals surface area contributed by atoms with Crippen LogP contribution >= 0.6 is 0 Å². The van der Waals surface area contributed by atoms with E-state index in [1.165, 1.54) is 22.9 Å². The number of nitrogens with zero attached hydrogens (tertiary/aromatic N) is 2. The van der Waals surface area contributed by atoms with Crippen molar-refractivity contribution >= 4 is 5.70 Å². The molecule has 4 nitrogen and oxygen atoms in total. The van der Waals surface area contributed by atoms with Gasteiger partial charge >= 0.3 is 12.1 Å². The summed E-state index contributed by atoms with van der Waals surface area (Å²) in [5.41, 5.74) is -1.79. The molecule has 2 aromatic rings. The maximum absolute atomic E-state index is 14.0. The predicted octanol–water partition coefficient (Wildman–Crippen LogP) is 4.49. The molecular weight excluding hydrogens is 407 g/mol. The fraction of sp³-hybridized carbons (Fsp3) is 0.381. The number of pyridine rings is 1. The van der Waals surface area contributed by atoms with Gasteiger partial charge in [0.15, 0.2) is 0 Å². The first-order valence-corrected chi connectivity index (χ1v) is 9.10. The molecule has 1 aromatic carbocycles. The van der Waals surface area contributed by atoms with Crippen molar-refractivity contribution in [2.24, 2.45) is 0 Å². The molecule has 1 aliphatic rings. The Kier molecular flexibility index (Phi) is 5.30. The van der Waals surface area contributed by atoms with E-state index in [0.29, 0.717) is 18.2 Å². The highest BCUT2D eigenvalue weighted by atomic mass is 19.4. The molecule has 0 bridgehead atoms. The largest absolute Gasteiger partial charge is 0.483 e. The van der Waals surface area contributed by atoms with Gasteiger partial charge in [-0.15, -0.1) is 0 Å². The van der Waals surface area contributed by atoms with Gasteiger partial charge in [-0.3, -0.25) is 9.36 Å². The highest BCUT2D eigenvalue weighted by Crippen LogP contribution is 2.47. The minimum Gasteiger partial charge on any atom is -0.483 e. The van der Waals surface area contributed by atoms with Crippen molar-refractivity contribution in [1.29, 1.82) is 0 Å². The van der Waals surface area contributed by atoms with Gasteiger partial charge < -0.3 is 9.64 Å². The van der Waals surface area contributed by atoms with Gasteiger partial charge in [0, 0.05) is 35.5 Å². The van der Waals surface area contributed by atoms with E-state index < -0.39 is 28.8 Å². The second kappa shape index (κ2) is 7.23. The van der Waals surface area contributed by atoms with Gasteiger partial charge in [0.2, 0.25) is 0 Å². The lowest BCUT2D eigenvalue weighted by Crippen LogP contribution is -2.41. The fourth-order valence-corrected chi connectivity index (χ4v) is 3.42. The number of fused-ring (bicyclic) bond motifs is 1. The topological polar surface area (TPSA) is 34.5 Å². The summed E-state index contributed by atoms with van der Waals surface area (Å²) in [5.74, 6) is -4.93. The van der Waals surface area contributed by atoms with Crippen molar-refractivity contribution < 1.29 is 26.7 Å². The van der Waals surface area contributed by atoms with Crippen molar-refractivity contribution in [1.82, 2.24) is 9.47 Å². The van der Waals surface area contributed by atoms with Crippen LogP contribution in [0.3, 0.4) is 0 Å². The first kappa shape index (κ1) is 22.0. The van der Waals surface area contributed by atoms with Gasteiger partial charge in [0.25, 0.3) is 5.56 Å². The monoisotopic (exact) mass is 428 g/mol. The van der Waals surface area contributed by atoms with Gasteiger partial charge in [-0.1, -0.05) is 6.07 Å². The minimum absolute atomic E-state index is 0.000833. The lowest BCUT2D eigenvalue weighted by atomic mass is 9.87. The van der Waals surface area contributed by atoms with Crippen LogP contribution in [0.2, 0.25) is 0 Å². The van der Waals surface area contributed by atoms with Crippen molar-refractivity contribution in [2.75, 3.05) is 20.6 Å². The van der Waals surface area contributed by atoms with Crippen LogP contribution in [0.1, 0.15) is 25.0 Å². The van der Waals surface area contributed by atoms with Gasteiger partial charge in [-0.25, -0.2) is 0 Å². The molecule has 0 aliphatic carbocycles. The Balaban J connectivity index is 2.37. The molecule has 0 fully saturated rings. The molecule has 162 valence electrons. The van der Waals surface area contributed by atoms with Crippen LogP contribution in [0.15, 0.2) is 53.0 Å². The van der Waals surface area contributed by atoms with Gasteiger partial charge in [0.1, 0.15) is 11.4 Å². The lowest BCUT2D eigenvalue weighted by molar-refractivity contribution is -0.289. The molecule has 0 atom stereocenters. The van der Waals surface area contributed by atoms with E-state index in [4.69, 9.17) is 4.74 Å². The number of ether oxygens (including phenoxy) is 1. The van der Waals surface area contributed by atoms with Crippen LogP contribution in [0.25, 0.3) is 5.70 Å². The summed E-state index contributed by atoms with van der Waals surface area (Å²) in [7, 11) is 3.55. The molecule has 0 N–H and O–H groups in total. The Hall–Kier alpha value is -2.68. The number of rotatable bonds is 4. The number of alkyl halides is 5. The molecule has 0 amide bonds. The van der Waals surface area contributed by atoms with Crippen LogP contribution in [0, 0.1) is 0 Å². The summed E-state index contributed by atoms with van der Waals surface area (Å²) in [5, 5.41) is 0. The zero-order valence-electron chi connectivity index (χ0n) is 16.8. The Morgan fingerprint density at radius 3 is 2.30 bits per heavy atom. The van der Waals surface area contributed by atoms with E-state index in [1.807, 2.05) is 0 Å². The predicted molar refractivity (Wildman–Crippen MR) is 103 cm³/mol. The summed E-state index contributed by atoms with van der Waals surface area (Å²) in [6, 6.07) is 6.93. The zero-order valence-corrected chi connectivity index (χ0v) is 16.8. The highest BCUT2D eigenvalue weighted by Gasteiger charge is 2.59. The third kappa shape index (κ3) is 3.74. The van der Waals surface area contributed by atoms with Crippen LogP contribution in [-0.4, -0.2) is 41.9 Å². The molecular formula is C21H21F5N2O2. The Morgan fingerprint density at radius 2 is 1.73 bits per heavy atom. The second-order valence-corrected chi connectivity index (χ2v) is 7.87. The minimum atomic E-state index is -5.75. The van der Waals surface area contributed by atoms with Crippen LogP contribution < -0.4 is 10.3 Å². The number of hydrogen-bond donors (Lipinski definition) is 0. The molecule has 0 saturated carbocycles.